The van der Waals surface area contributed by atoms with Crippen LogP contribution >= 0.6 is 0 Å². The molecule has 4 aliphatic rings. The van der Waals surface area contributed by atoms with Crippen molar-refractivity contribution < 1.29 is 4.74 Å². The van der Waals surface area contributed by atoms with Gasteiger partial charge in [0.2, 0.25) is 0 Å². The van der Waals surface area contributed by atoms with E-state index in [1.165, 1.54) is 12.8 Å². The molecule has 3 heteroatoms. The topological polar surface area (TPSA) is 36.3 Å². The fourth-order valence-corrected chi connectivity index (χ4v) is 3.52. The molecule has 1 saturated heterocycles. The number of fused-ring (bicyclic) bond motifs is 2. The van der Waals surface area contributed by atoms with Crippen LogP contribution in [0.4, 0.5) is 0 Å². The standard InChI is InChI=1S/C13H18N2O/c14-10-13(15-5-7-16-8-6-15)9-11-1-3-12(13)4-2-11/h1,3,11-12H,2,4-9H2/t11-,12+,13-/m0/s1. The van der Waals surface area contributed by atoms with Gasteiger partial charge in [0.05, 0.1) is 19.3 Å². The Balaban J connectivity index is 1.89. The molecule has 1 saturated carbocycles. The van der Waals surface area contributed by atoms with Gasteiger partial charge in [-0.15, -0.1) is 0 Å². The Morgan fingerprint density at radius 1 is 1.25 bits per heavy atom. The zero-order valence-corrected chi connectivity index (χ0v) is 9.56. The molecule has 0 amide bonds. The molecule has 0 aromatic carbocycles. The van der Waals surface area contributed by atoms with E-state index in [0.29, 0.717) is 11.8 Å². The van der Waals surface area contributed by atoms with Crippen LogP contribution < -0.4 is 0 Å². The maximum Gasteiger partial charge on any atom is 0.116 e. The average Bonchev–Trinajstić information content (AvgIpc) is 2.41. The van der Waals surface area contributed by atoms with Gasteiger partial charge >= 0.3 is 0 Å². The van der Waals surface area contributed by atoms with Crippen LogP contribution in [0.3, 0.4) is 0 Å². The molecule has 0 unspecified atom stereocenters. The quantitative estimate of drug-likeness (QED) is 0.627. The summed E-state index contributed by atoms with van der Waals surface area (Å²) in [7, 11) is 0. The number of ether oxygens (including phenoxy) is 1. The van der Waals surface area contributed by atoms with E-state index < -0.39 is 0 Å². The number of hydrogen-bond acceptors (Lipinski definition) is 3. The summed E-state index contributed by atoms with van der Waals surface area (Å²) >= 11 is 0. The first-order valence-electron chi connectivity index (χ1n) is 6.27. The van der Waals surface area contributed by atoms with Gasteiger partial charge in [0, 0.05) is 19.0 Å². The van der Waals surface area contributed by atoms with E-state index in [-0.39, 0.29) is 5.54 Å². The number of nitrogens with zero attached hydrogens (tertiary/aromatic N) is 2. The SMILES string of the molecule is N#C[C@@]1(N2CCOCC2)C[C@H]2C=C[C@@H]1CC2. The normalized spacial score (nSPS) is 43.2. The van der Waals surface area contributed by atoms with Gasteiger partial charge in [-0.1, -0.05) is 12.2 Å². The first-order valence-corrected chi connectivity index (χ1v) is 6.27. The zero-order chi connectivity index (χ0) is 11.0. The van der Waals surface area contributed by atoms with Crippen molar-refractivity contribution >= 4 is 0 Å². The van der Waals surface area contributed by atoms with Crippen molar-refractivity contribution in [2.45, 2.75) is 24.8 Å². The number of morpholine rings is 1. The summed E-state index contributed by atoms with van der Waals surface area (Å²) in [4.78, 5) is 2.37. The van der Waals surface area contributed by atoms with Gasteiger partial charge in [-0.3, -0.25) is 4.90 Å². The van der Waals surface area contributed by atoms with Crippen molar-refractivity contribution in [2.75, 3.05) is 26.3 Å². The first kappa shape index (κ1) is 10.3. The molecule has 86 valence electrons. The molecule has 2 fully saturated rings. The number of hydrogen-bond donors (Lipinski definition) is 0. The average molecular weight is 218 g/mol. The lowest BCUT2D eigenvalue weighted by atomic mass is 9.64. The van der Waals surface area contributed by atoms with Gasteiger partial charge in [0.15, 0.2) is 0 Å². The molecule has 3 nitrogen and oxygen atoms in total. The van der Waals surface area contributed by atoms with E-state index in [2.05, 4.69) is 23.1 Å². The van der Waals surface area contributed by atoms with Gasteiger partial charge < -0.3 is 4.74 Å². The third-order valence-electron chi connectivity index (χ3n) is 4.42. The van der Waals surface area contributed by atoms with Crippen LogP contribution in [0.2, 0.25) is 0 Å². The van der Waals surface area contributed by atoms with Crippen LogP contribution in [0.15, 0.2) is 12.2 Å². The minimum absolute atomic E-state index is 0.221. The summed E-state index contributed by atoms with van der Waals surface area (Å²) < 4.78 is 5.39. The van der Waals surface area contributed by atoms with E-state index in [4.69, 9.17) is 4.74 Å². The van der Waals surface area contributed by atoms with Gasteiger partial charge in [-0.2, -0.15) is 5.26 Å². The van der Waals surface area contributed by atoms with Crippen LogP contribution in [-0.4, -0.2) is 36.7 Å². The minimum atomic E-state index is -0.221. The number of nitriles is 1. The lowest BCUT2D eigenvalue weighted by Gasteiger charge is -2.51. The second-order valence-corrected chi connectivity index (χ2v) is 5.17. The predicted octanol–water partition coefficient (Wildman–Crippen LogP) is 1.57. The Kier molecular flexibility index (Phi) is 2.49. The van der Waals surface area contributed by atoms with Crippen molar-refractivity contribution in [2.24, 2.45) is 11.8 Å². The van der Waals surface area contributed by atoms with Crippen molar-refractivity contribution in [3.05, 3.63) is 12.2 Å². The molecule has 0 aromatic rings. The molecule has 1 heterocycles. The van der Waals surface area contributed by atoms with Crippen molar-refractivity contribution in [3.8, 4) is 6.07 Å². The van der Waals surface area contributed by atoms with Crippen LogP contribution in [0, 0.1) is 23.2 Å². The highest BCUT2D eigenvalue weighted by Gasteiger charge is 2.49. The molecule has 3 aliphatic carbocycles. The maximum absolute atomic E-state index is 9.65. The number of allylic oxidation sites excluding steroid dienone is 1. The Labute approximate surface area is 96.7 Å². The predicted molar refractivity (Wildman–Crippen MR) is 60.7 cm³/mol. The molecule has 0 spiro atoms. The lowest BCUT2D eigenvalue weighted by molar-refractivity contribution is -0.0372. The monoisotopic (exact) mass is 218 g/mol. The molecule has 2 bridgehead atoms. The van der Waals surface area contributed by atoms with Gasteiger partial charge in [0.25, 0.3) is 0 Å². The van der Waals surface area contributed by atoms with E-state index in [1.807, 2.05) is 0 Å². The first-order chi connectivity index (χ1) is 7.85. The summed E-state index contributed by atoms with van der Waals surface area (Å²) in [6, 6.07) is 2.64. The highest BCUT2D eigenvalue weighted by atomic mass is 16.5. The van der Waals surface area contributed by atoms with E-state index in [9.17, 15) is 5.26 Å². The summed E-state index contributed by atoms with van der Waals surface area (Å²) in [5, 5.41) is 9.65. The Morgan fingerprint density at radius 3 is 2.56 bits per heavy atom. The van der Waals surface area contributed by atoms with Gasteiger partial charge in [-0.05, 0) is 25.2 Å². The van der Waals surface area contributed by atoms with Crippen LogP contribution in [-0.2, 0) is 4.74 Å². The van der Waals surface area contributed by atoms with Crippen molar-refractivity contribution in [1.82, 2.24) is 4.90 Å². The van der Waals surface area contributed by atoms with Crippen molar-refractivity contribution in [1.29, 1.82) is 5.26 Å². The van der Waals surface area contributed by atoms with Gasteiger partial charge in [0.1, 0.15) is 5.54 Å². The molecule has 0 N–H and O–H groups in total. The highest BCUT2D eigenvalue weighted by molar-refractivity contribution is 5.24. The molecular weight excluding hydrogens is 200 g/mol. The van der Waals surface area contributed by atoms with Gasteiger partial charge in [-0.25, -0.2) is 0 Å². The largest absolute Gasteiger partial charge is 0.379 e. The highest BCUT2D eigenvalue weighted by Crippen LogP contribution is 2.46. The molecule has 1 aliphatic heterocycles. The Morgan fingerprint density at radius 2 is 2.06 bits per heavy atom. The van der Waals surface area contributed by atoms with E-state index in [1.54, 1.807) is 0 Å². The summed E-state index contributed by atoms with van der Waals surface area (Å²) in [5.41, 5.74) is -0.221. The summed E-state index contributed by atoms with van der Waals surface area (Å²) in [5.74, 6) is 1.08. The Bertz CT molecular complexity index is 340. The summed E-state index contributed by atoms with van der Waals surface area (Å²) in [6.45, 7) is 3.41. The smallest absolute Gasteiger partial charge is 0.116 e. The van der Waals surface area contributed by atoms with E-state index >= 15 is 0 Å². The lowest BCUT2D eigenvalue weighted by Crippen LogP contribution is -2.59. The number of rotatable bonds is 1. The Hall–Kier alpha value is -0.850. The van der Waals surface area contributed by atoms with Crippen LogP contribution in [0.5, 0.6) is 0 Å². The maximum atomic E-state index is 9.65. The third-order valence-corrected chi connectivity index (χ3v) is 4.42. The molecule has 4 rings (SSSR count). The molecular formula is C13H18N2O. The summed E-state index contributed by atoms with van der Waals surface area (Å²) in [6.07, 6.45) is 8.10. The fourth-order valence-electron chi connectivity index (χ4n) is 3.52. The van der Waals surface area contributed by atoms with Crippen LogP contribution in [0.25, 0.3) is 0 Å². The molecule has 0 radical (unpaired) electrons. The zero-order valence-electron chi connectivity index (χ0n) is 9.56. The van der Waals surface area contributed by atoms with Crippen molar-refractivity contribution in [3.63, 3.8) is 0 Å². The second-order valence-electron chi connectivity index (χ2n) is 5.17. The molecule has 16 heavy (non-hydrogen) atoms. The van der Waals surface area contributed by atoms with Crippen LogP contribution in [0.1, 0.15) is 19.3 Å². The molecule has 3 atom stereocenters. The molecule has 0 aromatic heterocycles. The second kappa shape index (κ2) is 3.87. The minimum Gasteiger partial charge on any atom is -0.379 e. The van der Waals surface area contributed by atoms with E-state index in [0.717, 1.165) is 32.7 Å². The third kappa shape index (κ3) is 1.41. The fraction of sp³-hybridized carbons (Fsp3) is 0.769.